The molecule has 1 aromatic heterocycles. The summed E-state index contributed by atoms with van der Waals surface area (Å²) in [5.41, 5.74) is 1.82. The summed E-state index contributed by atoms with van der Waals surface area (Å²) in [5.74, 6) is 0.322. The maximum atomic E-state index is 12.1. The number of hydrogen-bond donors (Lipinski definition) is 1. The summed E-state index contributed by atoms with van der Waals surface area (Å²) in [6, 6.07) is 11.3. The molecule has 0 saturated heterocycles. The summed E-state index contributed by atoms with van der Waals surface area (Å²) in [6.07, 6.45) is 0. The average Bonchev–Trinajstić information content (AvgIpc) is 2.41. The first-order valence-corrected chi connectivity index (χ1v) is 6.39. The SMILES string of the molecule is CC(C)Cn1nc(-c2ccccc2)cc(CO)c1=O. The van der Waals surface area contributed by atoms with Crippen molar-refractivity contribution >= 4 is 0 Å². The maximum absolute atomic E-state index is 12.1. The summed E-state index contributed by atoms with van der Waals surface area (Å²) in [4.78, 5) is 12.1. The first kappa shape index (κ1) is 13.5. The van der Waals surface area contributed by atoms with Gasteiger partial charge in [-0.1, -0.05) is 44.2 Å². The Kier molecular flexibility index (Phi) is 4.12. The van der Waals surface area contributed by atoms with E-state index in [0.717, 1.165) is 5.56 Å². The van der Waals surface area contributed by atoms with Crippen LogP contribution in [0.3, 0.4) is 0 Å². The quantitative estimate of drug-likeness (QED) is 0.913. The van der Waals surface area contributed by atoms with E-state index in [9.17, 15) is 9.90 Å². The number of benzene rings is 1. The molecular weight excluding hydrogens is 240 g/mol. The number of aliphatic hydroxyl groups excluding tert-OH is 1. The van der Waals surface area contributed by atoms with Crippen molar-refractivity contribution in [2.24, 2.45) is 5.92 Å². The predicted octanol–water partition coefficient (Wildman–Crippen LogP) is 2.06. The van der Waals surface area contributed by atoms with Gasteiger partial charge in [0, 0.05) is 17.7 Å². The fraction of sp³-hybridized carbons (Fsp3) is 0.333. The minimum atomic E-state index is -0.265. The molecule has 0 saturated carbocycles. The first-order valence-electron chi connectivity index (χ1n) is 6.39. The Labute approximate surface area is 112 Å². The molecule has 1 heterocycles. The number of aliphatic hydroxyl groups is 1. The van der Waals surface area contributed by atoms with Gasteiger partial charge in [-0.15, -0.1) is 0 Å². The Morgan fingerprint density at radius 2 is 1.95 bits per heavy atom. The molecule has 2 rings (SSSR count). The molecule has 2 aromatic rings. The van der Waals surface area contributed by atoms with Crippen LogP contribution < -0.4 is 5.56 Å². The number of aromatic nitrogens is 2. The van der Waals surface area contributed by atoms with Gasteiger partial charge in [0.05, 0.1) is 12.3 Å². The average molecular weight is 258 g/mol. The van der Waals surface area contributed by atoms with E-state index in [0.29, 0.717) is 23.7 Å². The van der Waals surface area contributed by atoms with E-state index in [1.54, 1.807) is 6.07 Å². The van der Waals surface area contributed by atoms with Gasteiger partial charge in [-0.2, -0.15) is 5.10 Å². The molecule has 1 N–H and O–H groups in total. The largest absolute Gasteiger partial charge is 0.391 e. The van der Waals surface area contributed by atoms with Crippen molar-refractivity contribution in [3.05, 3.63) is 52.3 Å². The molecule has 0 spiro atoms. The molecule has 100 valence electrons. The van der Waals surface area contributed by atoms with Crippen LogP contribution in [0.2, 0.25) is 0 Å². The highest BCUT2D eigenvalue weighted by Crippen LogP contribution is 2.16. The van der Waals surface area contributed by atoms with E-state index in [2.05, 4.69) is 5.10 Å². The van der Waals surface area contributed by atoms with Crippen molar-refractivity contribution in [3.8, 4) is 11.3 Å². The van der Waals surface area contributed by atoms with Crippen molar-refractivity contribution in [2.75, 3.05) is 0 Å². The number of hydrogen-bond acceptors (Lipinski definition) is 3. The molecule has 0 aliphatic rings. The molecule has 0 atom stereocenters. The monoisotopic (exact) mass is 258 g/mol. The van der Waals surface area contributed by atoms with Gasteiger partial charge in [0.2, 0.25) is 0 Å². The Morgan fingerprint density at radius 3 is 2.53 bits per heavy atom. The molecule has 0 fully saturated rings. The van der Waals surface area contributed by atoms with Crippen molar-refractivity contribution in [3.63, 3.8) is 0 Å². The second kappa shape index (κ2) is 5.80. The summed E-state index contributed by atoms with van der Waals surface area (Å²) >= 11 is 0. The van der Waals surface area contributed by atoms with Crippen LogP contribution in [-0.2, 0) is 13.2 Å². The minimum Gasteiger partial charge on any atom is -0.391 e. The lowest BCUT2D eigenvalue weighted by molar-refractivity contribution is 0.277. The lowest BCUT2D eigenvalue weighted by Gasteiger charge is -2.11. The Hall–Kier alpha value is -1.94. The first-order chi connectivity index (χ1) is 9.11. The van der Waals surface area contributed by atoms with Crippen molar-refractivity contribution in [1.82, 2.24) is 9.78 Å². The second-order valence-electron chi connectivity index (χ2n) is 4.96. The van der Waals surface area contributed by atoms with Gasteiger partial charge in [0.25, 0.3) is 5.56 Å². The van der Waals surface area contributed by atoms with Crippen LogP contribution in [0.15, 0.2) is 41.2 Å². The summed E-state index contributed by atoms with van der Waals surface area (Å²) < 4.78 is 1.44. The highest BCUT2D eigenvalue weighted by molar-refractivity contribution is 5.58. The molecule has 0 aliphatic heterocycles. The highest BCUT2D eigenvalue weighted by Gasteiger charge is 2.10. The Balaban J connectivity index is 2.54. The summed E-state index contributed by atoms with van der Waals surface area (Å²) in [6.45, 7) is 4.34. The van der Waals surface area contributed by atoms with E-state index in [1.807, 2.05) is 44.2 Å². The molecule has 19 heavy (non-hydrogen) atoms. The number of nitrogens with zero attached hydrogens (tertiary/aromatic N) is 2. The fourth-order valence-corrected chi connectivity index (χ4v) is 1.93. The third kappa shape index (κ3) is 3.09. The lowest BCUT2D eigenvalue weighted by atomic mass is 10.1. The molecule has 4 nitrogen and oxygen atoms in total. The third-order valence-corrected chi connectivity index (χ3v) is 2.83. The normalized spacial score (nSPS) is 10.9. The van der Waals surface area contributed by atoms with Gasteiger partial charge in [0.15, 0.2) is 0 Å². The predicted molar refractivity (Wildman–Crippen MR) is 74.7 cm³/mol. The van der Waals surface area contributed by atoms with Gasteiger partial charge in [-0.25, -0.2) is 4.68 Å². The van der Waals surface area contributed by atoms with E-state index in [-0.39, 0.29) is 12.2 Å². The summed E-state index contributed by atoms with van der Waals surface area (Å²) in [5, 5.41) is 13.7. The second-order valence-corrected chi connectivity index (χ2v) is 4.96. The van der Waals surface area contributed by atoms with Crippen LogP contribution in [0.5, 0.6) is 0 Å². The molecule has 0 aliphatic carbocycles. The standard InChI is InChI=1S/C15H18N2O2/c1-11(2)9-17-15(19)13(10-18)8-14(16-17)12-6-4-3-5-7-12/h3-8,11,18H,9-10H2,1-2H3. The van der Waals surface area contributed by atoms with Crippen molar-refractivity contribution in [2.45, 2.75) is 27.0 Å². The fourth-order valence-electron chi connectivity index (χ4n) is 1.93. The Bertz CT molecular complexity index is 603. The zero-order valence-corrected chi connectivity index (χ0v) is 11.2. The van der Waals surface area contributed by atoms with Crippen LogP contribution in [-0.4, -0.2) is 14.9 Å². The van der Waals surface area contributed by atoms with Crippen LogP contribution in [0, 0.1) is 5.92 Å². The molecule has 0 bridgehead atoms. The lowest BCUT2D eigenvalue weighted by Crippen LogP contribution is -2.28. The van der Waals surface area contributed by atoms with Gasteiger partial charge < -0.3 is 5.11 Å². The topological polar surface area (TPSA) is 55.1 Å². The van der Waals surface area contributed by atoms with E-state index < -0.39 is 0 Å². The van der Waals surface area contributed by atoms with Gasteiger partial charge >= 0.3 is 0 Å². The molecule has 0 amide bonds. The third-order valence-electron chi connectivity index (χ3n) is 2.83. The molecule has 1 aromatic carbocycles. The highest BCUT2D eigenvalue weighted by atomic mass is 16.3. The van der Waals surface area contributed by atoms with E-state index in [1.165, 1.54) is 4.68 Å². The van der Waals surface area contributed by atoms with Crippen LogP contribution in [0.25, 0.3) is 11.3 Å². The summed E-state index contributed by atoms with van der Waals surface area (Å²) in [7, 11) is 0. The minimum absolute atomic E-state index is 0.212. The van der Waals surface area contributed by atoms with Gasteiger partial charge in [-0.05, 0) is 12.0 Å². The molecule has 4 heteroatoms. The molecule has 0 unspecified atom stereocenters. The molecular formula is C15H18N2O2. The Morgan fingerprint density at radius 1 is 1.26 bits per heavy atom. The van der Waals surface area contributed by atoms with Gasteiger partial charge in [0.1, 0.15) is 0 Å². The zero-order chi connectivity index (χ0) is 13.8. The van der Waals surface area contributed by atoms with Crippen LogP contribution >= 0.6 is 0 Å². The smallest absolute Gasteiger partial charge is 0.272 e. The molecule has 0 radical (unpaired) electrons. The van der Waals surface area contributed by atoms with Crippen LogP contribution in [0.4, 0.5) is 0 Å². The van der Waals surface area contributed by atoms with Crippen molar-refractivity contribution < 1.29 is 5.11 Å². The maximum Gasteiger partial charge on any atom is 0.272 e. The van der Waals surface area contributed by atoms with Crippen molar-refractivity contribution in [1.29, 1.82) is 0 Å². The number of rotatable bonds is 4. The zero-order valence-electron chi connectivity index (χ0n) is 11.2. The van der Waals surface area contributed by atoms with E-state index in [4.69, 9.17) is 0 Å². The van der Waals surface area contributed by atoms with E-state index >= 15 is 0 Å². The van der Waals surface area contributed by atoms with Gasteiger partial charge in [-0.3, -0.25) is 4.79 Å². The van der Waals surface area contributed by atoms with Crippen LogP contribution in [0.1, 0.15) is 19.4 Å².